The van der Waals surface area contributed by atoms with Crippen molar-refractivity contribution in [3.63, 3.8) is 0 Å². The fourth-order valence-electron chi connectivity index (χ4n) is 1.09. The van der Waals surface area contributed by atoms with E-state index in [4.69, 9.17) is 9.84 Å². The van der Waals surface area contributed by atoms with Gasteiger partial charge in [0.05, 0.1) is 6.61 Å². The molecule has 90 valence electrons. The topological polar surface area (TPSA) is 29.5 Å². The van der Waals surface area contributed by atoms with E-state index in [1.165, 1.54) is 12.1 Å². The lowest BCUT2D eigenvalue weighted by Crippen LogP contribution is -2.06. The number of benzene rings is 1. The summed E-state index contributed by atoms with van der Waals surface area (Å²) in [6.07, 6.45) is 0. The Kier molecular flexibility index (Phi) is 6.26. The molecule has 0 aliphatic carbocycles. The first-order valence-electron chi connectivity index (χ1n) is 5.29. The summed E-state index contributed by atoms with van der Waals surface area (Å²) in [7, 11) is 0. The molecule has 1 atom stereocenters. The molecule has 1 N–H and O–H groups in total. The summed E-state index contributed by atoms with van der Waals surface area (Å²) in [4.78, 5) is 0. The molecule has 0 spiro atoms. The summed E-state index contributed by atoms with van der Waals surface area (Å²) in [5.41, 5.74) is 0. The largest absolute Gasteiger partial charge is 0.493 e. The summed E-state index contributed by atoms with van der Waals surface area (Å²) in [5.74, 6) is 2.58. The Hall–Kier alpha value is -0.740. The molecule has 0 aromatic heterocycles. The molecule has 1 aromatic rings. The molecule has 1 aromatic carbocycles. The monoisotopic (exact) mass is 244 g/mol. The maximum Gasteiger partial charge on any atom is 0.123 e. The van der Waals surface area contributed by atoms with Crippen LogP contribution in [0.2, 0.25) is 0 Å². The molecule has 0 aliphatic rings. The normalized spacial score (nSPS) is 12.4. The van der Waals surface area contributed by atoms with Crippen molar-refractivity contribution < 1.29 is 14.2 Å². The van der Waals surface area contributed by atoms with E-state index in [-0.39, 0.29) is 12.4 Å². The molecular formula is C12H17FO2S. The van der Waals surface area contributed by atoms with Gasteiger partial charge in [0.1, 0.15) is 11.6 Å². The van der Waals surface area contributed by atoms with Crippen molar-refractivity contribution in [2.45, 2.75) is 6.92 Å². The van der Waals surface area contributed by atoms with Gasteiger partial charge in [-0.3, -0.25) is 0 Å². The summed E-state index contributed by atoms with van der Waals surface area (Å²) in [5, 5.41) is 8.82. The Balaban J connectivity index is 2.09. The molecular weight excluding hydrogens is 227 g/mol. The second-order valence-corrected chi connectivity index (χ2v) is 4.81. The van der Waals surface area contributed by atoms with Crippen LogP contribution in [0.3, 0.4) is 0 Å². The number of aliphatic hydroxyl groups excluding tert-OH is 1. The molecule has 1 rings (SSSR count). The maximum atomic E-state index is 12.6. The van der Waals surface area contributed by atoms with Gasteiger partial charge in [-0.2, -0.15) is 11.8 Å². The highest BCUT2D eigenvalue weighted by Gasteiger charge is 2.00. The van der Waals surface area contributed by atoms with Crippen LogP contribution in [-0.4, -0.2) is 29.8 Å². The Morgan fingerprint density at radius 3 is 2.69 bits per heavy atom. The molecule has 0 radical (unpaired) electrons. The van der Waals surface area contributed by atoms with E-state index < -0.39 is 0 Å². The quantitative estimate of drug-likeness (QED) is 0.747. The molecule has 4 heteroatoms. The van der Waals surface area contributed by atoms with Crippen LogP contribution in [0.25, 0.3) is 0 Å². The Morgan fingerprint density at radius 1 is 1.38 bits per heavy atom. The summed E-state index contributed by atoms with van der Waals surface area (Å²) < 4.78 is 18.0. The average molecular weight is 244 g/mol. The molecule has 0 aliphatic heterocycles. The van der Waals surface area contributed by atoms with Crippen molar-refractivity contribution in [3.05, 3.63) is 30.1 Å². The van der Waals surface area contributed by atoms with Crippen molar-refractivity contribution in [1.29, 1.82) is 0 Å². The Labute approximate surface area is 99.8 Å². The van der Waals surface area contributed by atoms with Crippen molar-refractivity contribution >= 4 is 11.8 Å². The lowest BCUT2D eigenvalue weighted by atomic mass is 10.2. The van der Waals surface area contributed by atoms with Crippen molar-refractivity contribution in [2.75, 3.05) is 24.7 Å². The third kappa shape index (κ3) is 5.37. The molecule has 0 saturated carbocycles. The number of hydrogen-bond donors (Lipinski definition) is 1. The summed E-state index contributed by atoms with van der Waals surface area (Å²) >= 11 is 1.75. The predicted molar refractivity (Wildman–Crippen MR) is 65.5 cm³/mol. The SMILES string of the molecule is CC(CO)CSCCOc1ccc(F)cc1. The van der Waals surface area contributed by atoms with Gasteiger partial charge in [0.15, 0.2) is 0 Å². The van der Waals surface area contributed by atoms with E-state index in [0.29, 0.717) is 18.3 Å². The average Bonchev–Trinajstić information content (AvgIpc) is 2.31. The zero-order chi connectivity index (χ0) is 11.8. The van der Waals surface area contributed by atoms with Gasteiger partial charge in [0.25, 0.3) is 0 Å². The predicted octanol–water partition coefficient (Wildman–Crippen LogP) is 2.57. The lowest BCUT2D eigenvalue weighted by molar-refractivity contribution is 0.250. The van der Waals surface area contributed by atoms with Crippen LogP contribution < -0.4 is 4.74 Å². The molecule has 0 bridgehead atoms. The van der Waals surface area contributed by atoms with E-state index in [0.717, 1.165) is 11.5 Å². The zero-order valence-corrected chi connectivity index (χ0v) is 10.2. The van der Waals surface area contributed by atoms with E-state index >= 15 is 0 Å². The van der Waals surface area contributed by atoms with Crippen LogP contribution in [0.1, 0.15) is 6.92 Å². The number of aliphatic hydroxyl groups is 1. The maximum absolute atomic E-state index is 12.6. The van der Waals surface area contributed by atoms with Crippen LogP contribution >= 0.6 is 11.8 Å². The minimum atomic E-state index is -0.251. The second-order valence-electron chi connectivity index (χ2n) is 3.67. The number of thioether (sulfide) groups is 1. The van der Waals surface area contributed by atoms with Gasteiger partial charge >= 0.3 is 0 Å². The number of rotatable bonds is 7. The van der Waals surface area contributed by atoms with Gasteiger partial charge in [-0.15, -0.1) is 0 Å². The van der Waals surface area contributed by atoms with E-state index in [9.17, 15) is 4.39 Å². The van der Waals surface area contributed by atoms with Crippen LogP contribution in [-0.2, 0) is 0 Å². The summed E-state index contributed by atoms with van der Waals surface area (Å²) in [6, 6.07) is 6.01. The van der Waals surface area contributed by atoms with Gasteiger partial charge in [-0.1, -0.05) is 6.92 Å². The molecule has 0 amide bonds. The smallest absolute Gasteiger partial charge is 0.123 e. The van der Waals surface area contributed by atoms with E-state index in [1.807, 2.05) is 6.92 Å². The molecule has 2 nitrogen and oxygen atoms in total. The van der Waals surface area contributed by atoms with Crippen LogP contribution in [0.4, 0.5) is 4.39 Å². The standard InChI is InChI=1S/C12H17FO2S/c1-10(8-14)9-16-7-6-15-12-4-2-11(13)3-5-12/h2-5,10,14H,6-9H2,1H3. The van der Waals surface area contributed by atoms with Gasteiger partial charge in [0.2, 0.25) is 0 Å². The minimum Gasteiger partial charge on any atom is -0.493 e. The third-order valence-electron chi connectivity index (χ3n) is 2.02. The van der Waals surface area contributed by atoms with E-state index in [1.54, 1.807) is 23.9 Å². The first-order valence-corrected chi connectivity index (χ1v) is 6.45. The highest BCUT2D eigenvalue weighted by atomic mass is 32.2. The molecule has 0 fully saturated rings. The van der Waals surface area contributed by atoms with Crippen LogP contribution in [0.5, 0.6) is 5.75 Å². The van der Waals surface area contributed by atoms with Crippen LogP contribution in [0.15, 0.2) is 24.3 Å². The minimum absolute atomic E-state index is 0.228. The molecule has 0 heterocycles. The van der Waals surface area contributed by atoms with Gasteiger partial charge < -0.3 is 9.84 Å². The van der Waals surface area contributed by atoms with Gasteiger partial charge in [0, 0.05) is 12.4 Å². The molecule has 0 saturated heterocycles. The lowest BCUT2D eigenvalue weighted by Gasteiger charge is -2.08. The fourth-order valence-corrected chi connectivity index (χ4v) is 1.96. The zero-order valence-electron chi connectivity index (χ0n) is 9.36. The third-order valence-corrected chi connectivity index (χ3v) is 3.28. The number of halogens is 1. The highest BCUT2D eigenvalue weighted by Crippen LogP contribution is 2.12. The first-order chi connectivity index (χ1) is 7.72. The molecule has 16 heavy (non-hydrogen) atoms. The summed E-state index contributed by atoms with van der Waals surface area (Å²) in [6.45, 7) is 2.84. The fraction of sp³-hybridized carbons (Fsp3) is 0.500. The van der Waals surface area contributed by atoms with Crippen molar-refractivity contribution in [2.24, 2.45) is 5.92 Å². The first kappa shape index (κ1) is 13.3. The van der Waals surface area contributed by atoms with Gasteiger partial charge in [-0.05, 0) is 35.9 Å². The molecule has 1 unspecified atom stereocenters. The second kappa shape index (κ2) is 7.52. The van der Waals surface area contributed by atoms with Crippen molar-refractivity contribution in [1.82, 2.24) is 0 Å². The Morgan fingerprint density at radius 2 is 2.06 bits per heavy atom. The van der Waals surface area contributed by atoms with Crippen LogP contribution in [0, 0.1) is 11.7 Å². The number of hydrogen-bond acceptors (Lipinski definition) is 3. The van der Waals surface area contributed by atoms with Gasteiger partial charge in [-0.25, -0.2) is 4.39 Å². The van der Waals surface area contributed by atoms with E-state index in [2.05, 4.69) is 0 Å². The number of ether oxygens (including phenoxy) is 1. The Bertz CT molecular complexity index is 290. The highest BCUT2D eigenvalue weighted by molar-refractivity contribution is 7.99. The van der Waals surface area contributed by atoms with Crippen molar-refractivity contribution in [3.8, 4) is 5.75 Å².